The van der Waals surface area contributed by atoms with Gasteiger partial charge in [-0.1, -0.05) is 18.2 Å². The monoisotopic (exact) mass is 367 g/mol. The van der Waals surface area contributed by atoms with Gasteiger partial charge in [-0.3, -0.25) is 9.59 Å². The summed E-state index contributed by atoms with van der Waals surface area (Å²) in [6, 6.07) is 10.4. The Morgan fingerprint density at radius 3 is 2.29 bits per heavy atom. The number of benzene rings is 1. The molecule has 0 aliphatic carbocycles. The van der Waals surface area contributed by atoms with Crippen LogP contribution in [0.2, 0.25) is 0 Å². The first kappa shape index (κ1) is 18.2. The smallest absolute Gasteiger partial charge is 0.323 e. The van der Waals surface area contributed by atoms with Gasteiger partial charge in [-0.2, -0.15) is 0 Å². The maximum absolute atomic E-state index is 12.5. The van der Waals surface area contributed by atoms with Crippen LogP contribution in [0.4, 0.5) is 0 Å². The molecule has 0 spiro atoms. The third kappa shape index (κ3) is 3.82. The second-order valence-electron chi connectivity index (χ2n) is 5.36. The lowest BCUT2D eigenvalue weighted by Gasteiger charge is -2.24. The molecule has 24 heavy (non-hydrogen) atoms. The normalized spacial score (nSPS) is 11.5. The quantitative estimate of drug-likeness (QED) is 0.847. The lowest BCUT2D eigenvalue weighted by Crippen LogP contribution is -2.40. The third-order valence-electron chi connectivity index (χ3n) is 3.30. The summed E-state index contributed by atoms with van der Waals surface area (Å²) in [6.07, 6.45) is 0. The van der Waals surface area contributed by atoms with Crippen molar-refractivity contribution in [2.45, 2.75) is 29.0 Å². The second-order valence-corrected chi connectivity index (χ2v) is 8.62. The number of thiophene rings is 1. The summed E-state index contributed by atoms with van der Waals surface area (Å²) in [5.41, 5.74) is 0. The average molecular weight is 367 g/mol. The minimum atomic E-state index is -3.69. The Kier molecular flexibility index (Phi) is 5.40. The van der Waals surface area contributed by atoms with Gasteiger partial charge in [-0.05, 0) is 38.1 Å². The molecule has 0 aliphatic rings. The second kappa shape index (κ2) is 7.14. The highest BCUT2D eigenvalue weighted by Crippen LogP contribution is 2.28. The van der Waals surface area contributed by atoms with E-state index in [1.165, 1.54) is 29.2 Å². The molecule has 6 nitrogen and oxygen atoms in total. The van der Waals surface area contributed by atoms with Gasteiger partial charge in [0.05, 0.1) is 9.77 Å². The van der Waals surface area contributed by atoms with Crippen LogP contribution in [-0.2, 0) is 14.6 Å². The summed E-state index contributed by atoms with van der Waals surface area (Å²) >= 11 is 0.843. The summed E-state index contributed by atoms with van der Waals surface area (Å²) in [4.78, 5) is 24.9. The molecule has 1 aromatic carbocycles. The van der Waals surface area contributed by atoms with Gasteiger partial charge in [0.15, 0.2) is 0 Å². The van der Waals surface area contributed by atoms with Crippen LogP contribution in [0.5, 0.6) is 0 Å². The number of carbonyl (C=O) groups is 2. The number of carboxylic acid groups (broad SMARTS) is 1. The molecule has 1 aromatic heterocycles. The standard InChI is InChI=1S/C16H17NO5S2/c1-11(2)17(10-14(18)19)16(20)13-8-9-15(23-13)24(21,22)12-6-4-3-5-7-12/h3-9,11H,10H2,1-2H3,(H,18,19). The molecule has 128 valence electrons. The van der Waals surface area contributed by atoms with Crippen molar-refractivity contribution in [1.82, 2.24) is 4.90 Å². The molecule has 0 aliphatic heterocycles. The van der Waals surface area contributed by atoms with Crippen molar-refractivity contribution < 1.29 is 23.1 Å². The number of nitrogens with zero attached hydrogens (tertiary/aromatic N) is 1. The molecule has 1 heterocycles. The van der Waals surface area contributed by atoms with Crippen LogP contribution in [0.3, 0.4) is 0 Å². The summed E-state index contributed by atoms with van der Waals surface area (Å²) < 4.78 is 25.1. The van der Waals surface area contributed by atoms with Crippen molar-refractivity contribution in [2.24, 2.45) is 0 Å². The topological polar surface area (TPSA) is 91.8 Å². The highest BCUT2D eigenvalue weighted by molar-refractivity contribution is 7.93. The van der Waals surface area contributed by atoms with E-state index in [-0.39, 0.29) is 20.0 Å². The van der Waals surface area contributed by atoms with Gasteiger partial charge < -0.3 is 10.0 Å². The summed E-state index contributed by atoms with van der Waals surface area (Å²) in [7, 11) is -3.69. The Bertz CT molecular complexity index is 840. The van der Waals surface area contributed by atoms with Gasteiger partial charge in [0, 0.05) is 6.04 Å². The average Bonchev–Trinajstić information content (AvgIpc) is 3.03. The molecular formula is C16H17NO5S2. The number of sulfone groups is 1. The van der Waals surface area contributed by atoms with E-state index in [0.29, 0.717) is 0 Å². The number of hydrogen-bond donors (Lipinski definition) is 1. The summed E-state index contributed by atoms with van der Waals surface area (Å²) in [6.45, 7) is 2.97. The maximum Gasteiger partial charge on any atom is 0.323 e. The minimum absolute atomic E-state index is 0.0519. The van der Waals surface area contributed by atoms with Crippen molar-refractivity contribution in [1.29, 1.82) is 0 Å². The SMILES string of the molecule is CC(C)N(CC(=O)O)C(=O)c1ccc(S(=O)(=O)c2ccccc2)s1. The van der Waals surface area contributed by atoms with Crippen LogP contribution >= 0.6 is 11.3 Å². The molecule has 0 saturated carbocycles. The zero-order valence-electron chi connectivity index (χ0n) is 13.2. The summed E-state index contributed by atoms with van der Waals surface area (Å²) in [5, 5.41) is 8.93. The number of hydrogen-bond acceptors (Lipinski definition) is 5. The fraction of sp³-hybridized carbons (Fsp3) is 0.250. The van der Waals surface area contributed by atoms with E-state index in [2.05, 4.69) is 0 Å². The zero-order valence-corrected chi connectivity index (χ0v) is 14.8. The van der Waals surface area contributed by atoms with Gasteiger partial charge in [0.25, 0.3) is 5.91 Å². The Hall–Kier alpha value is -2.19. The number of carboxylic acids is 1. The molecule has 0 radical (unpaired) electrons. The van der Waals surface area contributed by atoms with Gasteiger partial charge in [-0.15, -0.1) is 11.3 Å². The molecular weight excluding hydrogens is 350 g/mol. The van der Waals surface area contributed by atoms with E-state index in [9.17, 15) is 18.0 Å². The van der Waals surface area contributed by atoms with Crippen molar-refractivity contribution in [3.8, 4) is 0 Å². The Labute approximate surface area is 144 Å². The van der Waals surface area contributed by atoms with Gasteiger partial charge >= 0.3 is 5.97 Å². The van der Waals surface area contributed by atoms with Gasteiger partial charge in [0.2, 0.25) is 9.84 Å². The molecule has 0 saturated heterocycles. The molecule has 0 fully saturated rings. The Morgan fingerprint density at radius 1 is 1.12 bits per heavy atom. The molecule has 2 aromatic rings. The van der Waals surface area contributed by atoms with E-state index in [4.69, 9.17) is 5.11 Å². The fourth-order valence-electron chi connectivity index (χ4n) is 2.07. The van der Waals surface area contributed by atoms with Crippen molar-refractivity contribution >= 4 is 33.1 Å². The first-order valence-electron chi connectivity index (χ1n) is 7.16. The molecule has 0 bridgehead atoms. The summed E-state index contributed by atoms with van der Waals surface area (Å²) in [5.74, 6) is -1.61. The highest BCUT2D eigenvalue weighted by atomic mass is 32.2. The molecule has 0 unspecified atom stereocenters. The van der Waals surface area contributed by atoms with E-state index in [0.717, 1.165) is 11.3 Å². The molecule has 0 atom stereocenters. The number of carbonyl (C=O) groups excluding carboxylic acids is 1. The predicted octanol–water partition coefficient (Wildman–Crippen LogP) is 2.52. The van der Waals surface area contributed by atoms with E-state index in [1.807, 2.05) is 0 Å². The minimum Gasteiger partial charge on any atom is -0.480 e. The Morgan fingerprint density at radius 2 is 1.75 bits per heavy atom. The molecule has 8 heteroatoms. The van der Waals surface area contributed by atoms with Crippen molar-refractivity contribution in [2.75, 3.05) is 6.54 Å². The van der Waals surface area contributed by atoms with E-state index >= 15 is 0 Å². The molecule has 2 rings (SSSR count). The first-order valence-corrected chi connectivity index (χ1v) is 9.46. The maximum atomic E-state index is 12.5. The van der Waals surface area contributed by atoms with Crippen molar-refractivity contribution in [3.05, 3.63) is 47.3 Å². The van der Waals surface area contributed by atoms with Crippen LogP contribution in [0.25, 0.3) is 0 Å². The van der Waals surface area contributed by atoms with Crippen LogP contribution in [0.1, 0.15) is 23.5 Å². The predicted molar refractivity (Wildman–Crippen MR) is 90.0 cm³/mol. The highest BCUT2D eigenvalue weighted by Gasteiger charge is 2.26. The number of amides is 1. The fourth-order valence-corrected chi connectivity index (χ4v) is 4.76. The third-order valence-corrected chi connectivity index (χ3v) is 6.64. The first-order chi connectivity index (χ1) is 11.2. The molecule has 1 amide bonds. The lowest BCUT2D eigenvalue weighted by atomic mass is 10.3. The van der Waals surface area contributed by atoms with Crippen LogP contribution in [-0.4, -0.2) is 42.9 Å². The van der Waals surface area contributed by atoms with E-state index < -0.39 is 28.3 Å². The van der Waals surface area contributed by atoms with Crippen LogP contribution < -0.4 is 0 Å². The van der Waals surface area contributed by atoms with Gasteiger partial charge in [0.1, 0.15) is 10.8 Å². The van der Waals surface area contributed by atoms with Gasteiger partial charge in [-0.25, -0.2) is 8.42 Å². The van der Waals surface area contributed by atoms with Crippen LogP contribution in [0.15, 0.2) is 51.6 Å². The lowest BCUT2D eigenvalue weighted by molar-refractivity contribution is -0.138. The largest absolute Gasteiger partial charge is 0.480 e. The zero-order chi connectivity index (χ0) is 17.9. The van der Waals surface area contributed by atoms with Crippen molar-refractivity contribution in [3.63, 3.8) is 0 Å². The number of rotatable bonds is 6. The molecule has 1 N–H and O–H groups in total. The van der Waals surface area contributed by atoms with E-state index in [1.54, 1.807) is 32.0 Å². The van der Waals surface area contributed by atoms with Crippen LogP contribution in [0, 0.1) is 0 Å². The Balaban J connectivity index is 2.33. The number of aliphatic carboxylic acids is 1.